The molecule has 0 saturated heterocycles. The highest BCUT2D eigenvalue weighted by atomic mass is 16.5. The molecule has 0 radical (unpaired) electrons. The second-order valence-corrected chi connectivity index (χ2v) is 5.81. The molecular formula is C17H25N3O3. The molecule has 1 unspecified atom stereocenters. The van der Waals surface area contributed by atoms with Crippen molar-refractivity contribution >= 4 is 5.91 Å². The molecule has 0 spiro atoms. The van der Waals surface area contributed by atoms with Gasteiger partial charge < -0.3 is 14.3 Å². The Bertz CT molecular complexity index is 578. The lowest BCUT2D eigenvalue weighted by molar-refractivity contribution is -0.121. The Morgan fingerprint density at radius 1 is 1.35 bits per heavy atom. The molecule has 0 saturated carbocycles. The Labute approximate surface area is 136 Å². The van der Waals surface area contributed by atoms with Crippen molar-refractivity contribution < 1.29 is 13.7 Å². The highest BCUT2D eigenvalue weighted by molar-refractivity contribution is 5.76. The SMILES string of the molecule is CCCCCCC(C)NC(=O)CCc1nc(-c2ccco2)no1. The van der Waals surface area contributed by atoms with Crippen molar-refractivity contribution in [3.63, 3.8) is 0 Å². The molecule has 23 heavy (non-hydrogen) atoms. The number of amides is 1. The van der Waals surface area contributed by atoms with Crippen LogP contribution in [-0.2, 0) is 11.2 Å². The minimum Gasteiger partial charge on any atom is -0.461 e. The van der Waals surface area contributed by atoms with E-state index in [9.17, 15) is 4.79 Å². The second-order valence-electron chi connectivity index (χ2n) is 5.81. The molecule has 6 nitrogen and oxygen atoms in total. The first-order chi connectivity index (χ1) is 11.2. The van der Waals surface area contributed by atoms with Gasteiger partial charge in [-0.1, -0.05) is 37.8 Å². The number of hydrogen-bond acceptors (Lipinski definition) is 5. The van der Waals surface area contributed by atoms with Crippen molar-refractivity contribution in [2.24, 2.45) is 0 Å². The first-order valence-corrected chi connectivity index (χ1v) is 8.35. The average molecular weight is 319 g/mol. The van der Waals surface area contributed by atoms with Crippen LogP contribution in [-0.4, -0.2) is 22.1 Å². The first-order valence-electron chi connectivity index (χ1n) is 8.35. The molecule has 126 valence electrons. The van der Waals surface area contributed by atoms with Crippen LogP contribution in [0.25, 0.3) is 11.6 Å². The van der Waals surface area contributed by atoms with Crippen molar-refractivity contribution in [2.75, 3.05) is 0 Å². The van der Waals surface area contributed by atoms with Gasteiger partial charge in [-0.15, -0.1) is 0 Å². The third kappa shape index (κ3) is 5.88. The molecule has 0 aliphatic carbocycles. The molecular weight excluding hydrogens is 294 g/mol. The smallest absolute Gasteiger partial charge is 0.238 e. The monoisotopic (exact) mass is 319 g/mol. The maximum Gasteiger partial charge on any atom is 0.238 e. The molecule has 2 heterocycles. The van der Waals surface area contributed by atoms with E-state index in [1.807, 2.05) is 6.92 Å². The normalized spacial score (nSPS) is 12.3. The minimum absolute atomic E-state index is 0.0192. The highest BCUT2D eigenvalue weighted by Crippen LogP contribution is 2.16. The molecule has 0 aromatic carbocycles. The van der Waals surface area contributed by atoms with Gasteiger partial charge in [-0.25, -0.2) is 0 Å². The van der Waals surface area contributed by atoms with E-state index in [0.717, 1.165) is 12.8 Å². The largest absolute Gasteiger partial charge is 0.461 e. The second kappa shape index (κ2) is 9.12. The number of unbranched alkanes of at least 4 members (excludes halogenated alkanes) is 3. The van der Waals surface area contributed by atoms with Crippen LogP contribution in [0.15, 0.2) is 27.3 Å². The van der Waals surface area contributed by atoms with Gasteiger partial charge in [0.1, 0.15) is 0 Å². The van der Waals surface area contributed by atoms with E-state index >= 15 is 0 Å². The summed E-state index contributed by atoms with van der Waals surface area (Å²) in [6.45, 7) is 4.24. The summed E-state index contributed by atoms with van der Waals surface area (Å²) in [6.07, 6.45) is 8.23. The third-order valence-electron chi connectivity index (χ3n) is 3.67. The summed E-state index contributed by atoms with van der Waals surface area (Å²) in [7, 11) is 0. The van der Waals surface area contributed by atoms with Crippen molar-refractivity contribution in [2.45, 2.75) is 64.8 Å². The number of aryl methyl sites for hydroxylation is 1. The van der Waals surface area contributed by atoms with Gasteiger partial charge >= 0.3 is 0 Å². The van der Waals surface area contributed by atoms with Crippen LogP contribution in [0.1, 0.15) is 58.3 Å². The van der Waals surface area contributed by atoms with E-state index in [0.29, 0.717) is 30.3 Å². The fourth-order valence-corrected chi connectivity index (χ4v) is 2.38. The molecule has 0 aliphatic heterocycles. The van der Waals surface area contributed by atoms with Gasteiger partial charge in [-0.2, -0.15) is 4.98 Å². The molecule has 2 aromatic heterocycles. The molecule has 1 amide bonds. The Balaban J connectivity index is 1.68. The van der Waals surface area contributed by atoms with Gasteiger partial charge in [0.05, 0.1) is 6.26 Å². The number of carbonyl (C=O) groups is 1. The van der Waals surface area contributed by atoms with Gasteiger partial charge in [-0.05, 0) is 25.5 Å². The molecule has 0 bridgehead atoms. The third-order valence-corrected chi connectivity index (χ3v) is 3.67. The molecule has 2 rings (SSSR count). The van der Waals surface area contributed by atoms with Crippen LogP contribution in [0.3, 0.4) is 0 Å². The van der Waals surface area contributed by atoms with Gasteiger partial charge in [0.25, 0.3) is 0 Å². The number of carbonyl (C=O) groups excluding carboxylic acids is 1. The molecule has 1 N–H and O–H groups in total. The van der Waals surface area contributed by atoms with Crippen molar-refractivity contribution in [3.8, 4) is 11.6 Å². The zero-order chi connectivity index (χ0) is 16.5. The van der Waals surface area contributed by atoms with Gasteiger partial charge in [0.15, 0.2) is 5.76 Å². The van der Waals surface area contributed by atoms with Crippen LogP contribution < -0.4 is 5.32 Å². The van der Waals surface area contributed by atoms with E-state index in [-0.39, 0.29) is 11.9 Å². The standard InChI is InChI=1S/C17H25N3O3/c1-3-4-5-6-8-13(2)18-15(21)10-11-16-19-17(20-23-16)14-9-7-12-22-14/h7,9,12-13H,3-6,8,10-11H2,1-2H3,(H,18,21). The number of rotatable bonds is 10. The van der Waals surface area contributed by atoms with Crippen LogP contribution in [0, 0.1) is 0 Å². The van der Waals surface area contributed by atoms with Crippen molar-refractivity contribution in [1.29, 1.82) is 0 Å². The molecule has 1 atom stereocenters. The minimum atomic E-state index is 0.0192. The Hall–Kier alpha value is -2.11. The Morgan fingerprint density at radius 3 is 2.96 bits per heavy atom. The number of nitrogens with zero attached hydrogens (tertiary/aromatic N) is 2. The summed E-state index contributed by atoms with van der Waals surface area (Å²) in [5.74, 6) is 1.44. The summed E-state index contributed by atoms with van der Waals surface area (Å²) in [4.78, 5) is 16.2. The lowest BCUT2D eigenvalue weighted by Crippen LogP contribution is -2.32. The fourth-order valence-electron chi connectivity index (χ4n) is 2.38. The summed E-state index contributed by atoms with van der Waals surface area (Å²) >= 11 is 0. The van der Waals surface area contributed by atoms with E-state index in [4.69, 9.17) is 8.94 Å². The Morgan fingerprint density at radius 2 is 2.22 bits per heavy atom. The van der Waals surface area contributed by atoms with E-state index in [1.165, 1.54) is 19.3 Å². The lowest BCUT2D eigenvalue weighted by atomic mass is 10.1. The lowest BCUT2D eigenvalue weighted by Gasteiger charge is -2.13. The summed E-state index contributed by atoms with van der Waals surface area (Å²) in [5.41, 5.74) is 0. The maximum atomic E-state index is 11.9. The van der Waals surface area contributed by atoms with E-state index in [2.05, 4.69) is 22.4 Å². The van der Waals surface area contributed by atoms with Crippen LogP contribution >= 0.6 is 0 Å². The number of hydrogen-bond donors (Lipinski definition) is 1. The van der Waals surface area contributed by atoms with Crippen LogP contribution in [0.4, 0.5) is 0 Å². The highest BCUT2D eigenvalue weighted by Gasteiger charge is 2.13. The van der Waals surface area contributed by atoms with Gasteiger partial charge in [0, 0.05) is 18.9 Å². The maximum absolute atomic E-state index is 11.9. The fraction of sp³-hybridized carbons (Fsp3) is 0.588. The first kappa shape index (κ1) is 17.2. The number of nitrogens with one attached hydrogen (secondary N) is 1. The molecule has 6 heteroatoms. The molecule has 0 aliphatic rings. The van der Waals surface area contributed by atoms with E-state index in [1.54, 1.807) is 18.4 Å². The van der Waals surface area contributed by atoms with Gasteiger partial charge in [-0.3, -0.25) is 4.79 Å². The summed E-state index contributed by atoms with van der Waals surface area (Å²) < 4.78 is 10.3. The van der Waals surface area contributed by atoms with Crippen molar-refractivity contribution in [1.82, 2.24) is 15.5 Å². The molecule has 2 aromatic rings. The summed E-state index contributed by atoms with van der Waals surface area (Å²) in [5, 5.41) is 6.86. The average Bonchev–Trinajstić information content (AvgIpc) is 3.20. The van der Waals surface area contributed by atoms with Crippen LogP contribution in [0.5, 0.6) is 0 Å². The van der Waals surface area contributed by atoms with E-state index < -0.39 is 0 Å². The predicted octanol–water partition coefficient (Wildman–Crippen LogP) is 3.74. The quantitative estimate of drug-likeness (QED) is 0.675. The number of aromatic nitrogens is 2. The summed E-state index contributed by atoms with van der Waals surface area (Å²) in [6, 6.07) is 3.74. The van der Waals surface area contributed by atoms with Crippen molar-refractivity contribution in [3.05, 3.63) is 24.3 Å². The van der Waals surface area contributed by atoms with Crippen LogP contribution in [0.2, 0.25) is 0 Å². The zero-order valence-corrected chi connectivity index (χ0v) is 13.9. The van der Waals surface area contributed by atoms with Gasteiger partial charge in [0.2, 0.25) is 17.6 Å². The predicted molar refractivity (Wildman–Crippen MR) is 86.7 cm³/mol. The Kier molecular flexibility index (Phi) is 6.84. The zero-order valence-electron chi connectivity index (χ0n) is 13.9. The topological polar surface area (TPSA) is 81.2 Å². The number of furan rings is 1. The molecule has 0 fully saturated rings.